The Morgan fingerprint density at radius 1 is 1.15 bits per heavy atom. The number of nitrogens with one attached hydrogen (secondary N) is 2. The molecule has 3 aromatic rings. The van der Waals surface area contributed by atoms with Crippen LogP contribution in [0.25, 0.3) is 10.7 Å². The molecular formula is C23H28N6O2S2. The van der Waals surface area contributed by atoms with Crippen molar-refractivity contribution in [1.82, 2.24) is 24.6 Å². The maximum atomic E-state index is 12.8. The third-order valence-electron chi connectivity index (χ3n) is 6.02. The van der Waals surface area contributed by atoms with Gasteiger partial charge in [0.05, 0.1) is 11.4 Å². The van der Waals surface area contributed by atoms with E-state index in [1.54, 1.807) is 11.3 Å². The van der Waals surface area contributed by atoms with Crippen LogP contribution in [0, 0.1) is 18.6 Å². The molecule has 4 rings (SSSR count). The summed E-state index contributed by atoms with van der Waals surface area (Å²) in [6, 6.07) is 9.86. The van der Waals surface area contributed by atoms with Crippen LogP contribution in [-0.2, 0) is 16.1 Å². The maximum absolute atomic E-state index is 12.8. The molecule has 1 fully saturated rings. The summed E-state index contributed by atoms with van der Waals surface area (Å²) in [5.41, 5.74) is 3.09. The van der Waals surface area contributed by atoms with E-state index < -0.39 is 0 Å². The van der Waals surface area contributed by atoms with Crippen molar-refractivity contribution in [1.29, 1.82) is 0 Å². The molecule has 1 saturated heterocycles. The molecular weight excluding hydrogens is 456 g/mol. The predicted molar refractivity (Wildman–Crippen MR) is 133 cm³/mol. The minimum absolute atomic E-state index is 0.0288. The Kier molecular flexibility index (Phi) is 7.36. The SMILES string of the molecule is Cc1cccc(NC(=O)CN2CCN(C(=O)CCn3c(-c4cccs4)n[nH]c3=S)CC2)c1C. The van der Waals surface area contributed by atoms with Crippen molar-refractivity contribution >= 4 is 41.1 Å². The molecule has 1 aliphatic heterocycles. The third-order valence-corrected chi connectivity index (χ3v) is 7.20. The van der Waals surface area contributed by atoms with Gasteiger partial charge in [-0.05, 0) is 54.7 Å². The van der Waals surface area contributed by atoms with Crippen LogP contribution in [-0.4, -0.2) is 69.1 Å². The van der Waals surface area contributed by atoms with Crippen LogP contribution in [0.15, 0.2) is 35.7 Å². The second-order valence-electron chi connectivity index (χ2n) is 8.18. The summed E-state index contributed by atoms with van der Waals surface area (Å²) in [7, 11) is 0. The smallest absolute Gasteiger partial charge is 0.238 e. The molecule has 8 nitrogen and oxygen atoms in total. The van der Waals surface area contributed by atoms with Gasteiger partial charge in [0, 0.05) is 44.8 Å². The van der Waals surface area contributed by atoms with Gasteiger partial charge in [0.1, 0.15) is 0 Å². The lowest BCUT2D eigenvalue weighted by Crippen LogP contribution is -2.50. The van der Waals surface area contributed by atoms with Gasteiger partial charge in [0.2, 0.25) is 11.8 Å². The molecule has 0 radical (unpaired) electrons. The Labute approximate surface area is 202 Å². The topological polar surface area (TPSA) is 86.3 Å². The lowest BCUT2D eigenvalue weighted by molar-refractivity contribution is -0.133. The Hall–Kier alpha value is -2.82. The van der Waals surface area contributed by atoms with Gasteiger partial charge in [-0.2, -0.15) is 5.10 Å². The fourth-order valence-electron chi connectivity index (χ4n) is 3.92. The first kappa shape index (κ1) is 23.3. The average Bonchev–Trinajstić information content (AvgIpc) is 3.45. The van der Waals surface area contributed by atoms with Crippen molar-refractivity contribution in [2.45, 2.75) is 26.8 Å². The van der Waals surface area contributed by atoms with Crippen LogP contribution in [0.2, 0.25) is 0 Å². The first-order chi connectivity index (χ1) is 15.9. The van der Waals surface area contributed by atoms with E-state index in [0.29, 0.717) is 50.5 Å². The van der Waals surface area contributed by atoms with Gasteiger partial charge < -0.3 is 10.2 Å². The van der Waals surface area contributed by atoms with E-state index in [4.69, 9.17) is 12.2 Å². The highest BCUT2D eigenvalue weighted by molar-refractivity contribution is 7.71. The van der Waals surface area contributed by atoms with Gasteiger partial charge >= 0.3 is 0 Å². The van der Waals surface area contributed by atoms with Gasteiger partial charge in [0.15, 0.2) is 10.6 Å². The van der Waals surface area contributed by atoms with Crippen molar-refractivity contribution in [3.05, 3.63) is 51.6 Å². The molecule has 10 heteroatoms. The monoisotopic (exact) mass is 484 g/mol. The number of aromatic amines is 1. The summed E-state index contributed by atoms with van der Waals surface area (Å²) in [6.07, 6.45) is 0.360. The summed E-state index contributed by atoms with van der Waals surface area (Å²) in [5, 5.41) is 12.1. The summed E-state index contributed by atoms with van der Waals surface area (Å²) in [4.78, 5) is 30.3. The van der Waals surface area contributed by atoms with Gasteiger partial charge in [-0.15, -0.1) is 11.3 Å². The van der Waals surface area contributed by atoms with Crippen molar-refractivity contribution < 1.29 is 9.59 Å². The van der Waals surface area contributed by atoms with E-state index in [9.17, 15) is 9.59 Å². The minimum atomic E-state index is -0.0288. The number of thiophene rings is 1. The molecule has 0 atom stereocenters. The molecule has 3 heterocycles. The highest BCUT2D eigenvalue weighted by Crippen LogP contribution is 2.23. The number of aryl methyl sites for hydroxylation is 1. The lowest BCUT2D eigenvalue weighted by atomic mass is 10.1. The number of rotatable bonds is 7. The van der Waals surface area contributed by atoms with Gasteiger partial charge in [-0.3, -0.25) is 24.2 Å². The van der Waals surface area contributed by atoms with Crippen LogP contribution in [0.5, 0.6) is 0 Å². The number of aromatic nitrogens is 3. The van der Waals surface area contributed by atoms with E-state index in [0.717, 1.165) is 27.5 Å². The van der Waals surface area contributed by atoms with Crippen LogP contribution in [0.1, 0.15) is 17.5 Å². The van der Waals surface area contributed by atoms with Gasteiger partial charge in [-0.25, -0.2) is 0 Å². The van der Waals surface area contributed by atoms with Crippen LogP contribution in [0.4, 0.5) is 5.69 Å². The highest BCUT2D eigenvalue weighted by atomic mass is 32.1. The van der Waals surface area contributed by atoms with Gasteiger partial charge in [0.25, 0.3) is 0 Å². The highest BCUT2D eigenvalue weighted by Gasteiger charge is 2.23. The first-order valence-electron chi connectivity index (χ1n) is 11.0. The van der Waals surface area contributed by atoms with E-state index in [1.807, 2.05) is 59.0 Å². The quantitative estimate of drug-likeness (QED) is 0.502. The van der Waals surface area contributed by atoms with Crippen molar-refractivity contribution in [3.8, 4) is 10.7 Å². The molecule has 2 N–H and O–H groups in total. The molecule has 2 aromatic heterocycles. The number of carbonyl (C=O) groups excluding carboxylic acids is 2. The second-order valence-corrected chi connectivity index (χ2v) is 9.52. The summed E-state index contributed by atoms with van der Waals surface area (Å²) in [5.74, 6) is 0.830. The number of piperazine rings is 1. The number of nitrogens with zero attached hydrogens (tertiary/aromatic N) is 4. The van der Waals surface area contributed by atoms with Crippen LogP contribution in [0.3, 0.4) is 0 Å². The predicted octanol–water partition coefficient (Wildman–Crippen LogP) is 3.46. The van der Waals surface area contributed by atoms with Gasteiger partial charge in [-0.1, -0.05) is 18.2 Å². The van der Waals surface area contributed by atoms with Crippen molar-refractivity contribution in [2.75, 3.05) is 38.0 Å². The summed E-state index contributed by atoms with van der Waals surface area (Å²) in [6.45, 7) is 7.44. The molecule has 0 saturated carbocycles. The molecule has 2 amide bonds. The first-order valence-corrected chi connectivity index (χ1v) is 12.3. The molecule has 0 spiro atoms. The second kappa shape index (κ2) is 10.4. The number of carbonyl (C=O) groups is 2. The van der Waals surface area contributed by atoms with E-state index in [1.165, 1.54) is 0 Å². The van der Waals surface area contributed by atoms with Crippen molar-refractivity contribution in [3.63, 3.8) is 0 Å². The van der Waals surface area contributed by atoms with Crippen molar-refractivity contribution in [2.24, 2.45) is 0 Å². The number of hydrogen-bond acceptors (Lipinski definition) is 6. The summed E-state index contributed by atoms with van der Waals surface area (Å²) >= 11 is 6.94. The lowest BCUT2D eigenvalue weighted by Gasteiger charge is -2.34. The molecule has 0 bridgehead atoms. The number of H-pyrrole nitrogens is 1. The number of anilines is 1. The molecule has 1 aromatic carbocycles. The fourth-order valence-corrected chi connectivity index (χ4v) is 4.86. The Morgan fingerprint density at radius 2 is 1.94 bits per heavy atom. The van der Waals surface area contributed by atoms with E-state index in [-0.39, 0.29) is 11.8 Å². The Balaban J connectivity index is 1.25. The summed E-state index contributed by atoms with van der Waals surface area (Å²) < 4.78 is 2.40. The zero-order valence-corrected chi connectivity index (χ0v) is 20.5. The number of amides is 2. The number of benzene rings is 1. The maximum Gasteiger partial charge on any atom is 0.238 e. The van der Waals surface area contributed by atoms with Crippen LogP contribution >= 0.6 is 23.6 Å². The standard InChI is InChI=1S/C23H28N6O2S2/c1-16-5-3-6-18(17(16)2)24-20(30)15-27-10-12-28(13-11-27)21(31)8-9-29-22(25-26-23(29)32)19-7-4-14-33-19/h3-7,14H,8-13,15H2,1-2H3,(H,24,30)(H,26,32). The fraction of sp³-hybridized carbons (Fsp3) is 0.391. The number of hydrogen-bond donors (Lipinski definition) is 2. The zero-order chi connectivity index (χ0) is 23.4. The third kappa shape index (κ3) is 5.58. The normalized spacial score (nSPS) is 14.4. The van der Waals surface area contributed by atoms with E-state index in [2.05, 4.69) is 20.4 Å². The molecule has 1 aliphatic rings. The average molecular weight is 485 g/mol. The van der Waals surface area contributed by atoms with E-state index >= 15 is 0 Å². The van der Waals surface area contributed by atoms with Crippen LogP contribution < -0.4 is 5.32 Å². The zero-order valence-electron chi connectivity index (χ0n) is 18.8. The molecule has 33 heavy (non-hydrogen) atoms. The largest absolute Gasteiger partial charge is 0.340 e. The molecule has 174 valence electrons. The molecule has 0 aliphatic carbocycles. The minimum Gasteiger partial charge on any atom is -0.340 e. The Bertz CT molecular complexity index is 1180. The molecule has 0 unspecified atom stereocenters. The Morgan fingerprint density at radius 3 is 2.67 bits per heavy atom.